The molecule has 19 heavy (non-hydrogen) atoms. The lowest BCUT2D eigenvalue weighted by atomic mass is 10.1. The van der Waals surface area contributed by atoms with Crippen LogP contribution in [0.2, 0.25) is 0 Å². The van der Waals surface area contributed by atoms with Gasteiger partial charge in [-0.05, 0) is 38.8 Å². The Kier molecular flexibility index (Phi) is 5.18. The van der Waals surface area contributed by atoms with Crippen molar-refractivity contribution in [2.75, 3.05) is 0 Å². The van der Waals surface area contributed by atoms with Crippen molar-refractivity contribution in [3.8, 4) is 0 Å². The maximum absolute atomic E-state index is 13.6. The van der Waals surface area contributed by atoms with Crippen LogP contribution in [0.25, 0.3) is 0 Å². The van der Waals surface area contributed by atoms with Crippen molar-refractivity contribution in [3.63, 3.8) is 0 Å². The van der Waals surface area contributed by atoms with E-state index < -0.39 is 0 Å². The predicted molar refractivity (Wildman–Crippen MR) is 87.5 cm³/mol. The van der Waals surface area contributed by atoms with Crippen molar-refractivity contribution in [2.24, 2.45) is 10.7 Å². The number of hydrogen-bond acceptors (Lipinski definition) is 1. The average molecular weight is 377 g/mol. The molecule has 0 heterocycles. The van der Waals surface area contributed by atoms with Gasteiger partial charge in [-0.15, -0.1) is 24.0 Å². The summed E-state index contributed by atoms with van der Waals surface area (Å²) in [6, 6.07) is 6.98. The van der Waals surface area contributed by atoms with Crippen LogP contribution < -0.4 is 11.1 Å². The third-order valence-corrected chi connectivity index (χ3v) is 2.87. The monoisotopic (exact) mass is 377 g/mol. The lowest BCUT2D eigenvalue weighted by molar-refractivity contribution is 0.508. The number of nitrogens with zero attached hydrogens (tertiary/aromatic N) is 1. The molecule has 1 aromatic carbocycles. The number of nitrogens with one attached hydrogen (secondary N) is 1. The molecule has 0 saturated heterocycles. The van der Waals surface area contributed by atoms with E-state index in [2.05, 4.69) is 10.3 Å². The smallest absolute Gasteiger partial charge is 0.189 e. The Morgan fingerprint density at radius 3 is 2.58 bits per heavy atom. The van der Waals surface area contributed by atoms with Crippen LogP contribution in [0.4, 0.5) is 4.39 Å². The number of nitrogens with two attached hydrogens (primary N) is 1. The molecule has 0 spiro atoms. The molecule has 1 aliphatic carbocycles. The van der Waals surface area contributed by atoms with Crippen LogP contribution in [-0.4, -0.2) is 17.5 Å². The normalized spacial score (nSPS) is 22.6. The second-order valence-electron chi connectivity index (χ2n) is 5.82. The van der Waals surface area contributed by atoms with Gasteiger partial charge in [-0.25, -0.2) is 9.38 Å². The first-order chi connectivity index (χ1) is 8.37. The van der Waals surface area contributed by atoms with Crippen molar-refractivity contribution >= 4 is 29.9 Å². The average Bonchev–Trinajstić information content (AvgIpc) is 2.94. The van der Waals surface area contributed by atoms with E-state index in [0.717, 1.165) is 12.0 Å². The molecule has 0 bridgehead atoms. The Labute approximate surface area is 130 Å². The molecule has 1 saturated carbocycles. The largest absolute Gasteiger partial charge is 0.370 e. The highest BCUT2D eigenvalue weighted by molar-refractivity contribution is 14.0. The number of hydrogen-bond donors (Lipinski definition) is 2. The van der Waals surface area contributed by atoms with Gasteiger partial charge in [0.05, 0.1) is 6.04 Å². The minimum atomic E-state index is -0.150. The summed E-state index contributed by atoms with van der Waals surface area (Å²) in [7, 11) is 0. The maximum Gasteiger partial charge on any atom is 0.189 e. The molecule has 0 amide bonds. The van der Waals surface area contributed by atoms with Crippen LogP contribution in [0.5, 0.6) is 0 Å². The van der Waals surface area contributed by atoms with Crippen LogP contribution in [0.1, 0.15) is 38.7 Å². The number of aliphatic imine (C=N–C) groups is 1. The van der Waals surface area contributed by atoms with Gasteiger partial charge in [0.2, 0.25) is 0 Å². The van der Waals surface area contributed by atoms with Crippen molar-refractivity contribution in [1.29, 1.82) is 0 Å². The number of guanidine groups is 1. The summed E-state index contributed by atoms with van der Waals surface area (Å²) < 4.78 is 13.6. The molecular formula is C14H21FIN3. The Hall–Kier alpha value is -0.850. The first-order valence-corrected chi connectivity index (χ1v) is 6.23. The zero-order valence-corrected chi connectivity index (χ0v) is 13.8. The summed E-state index contributed by atoms with van der Waals surface area (Å²) in [5.74, 6) is 0.459. The SMILES string of the molecule is CC(C)(C)NC(N)=NC1CC1c1ccccc1F.I. The highest BCUT2D eigenvalue weighted by Gasteiger charge is 2.40. The first kappa shape index (κ1) is 16.2. The van der Waals surface area contributed by atoms with E-state index in [4.69, 9.17) is 5.73 Å². The van der Waals surface area contributed by atoms with E-state index in [-0.39, 0.29) is 47.3 Å². The van der Waals surface area contributed by atoms with E-state index in [9.17, 15) is 4.39 Å². The van der Waals surface area contributed by atoms with Crippen molar-refractivity contribution in [1.82, 2.24) is 5.32 Å². The molecule has 1 fully saturated rings. The molecule has 1 aromatic rings. The maximum atomic E-state index is 13.6. The molecule has 1 aliphatic rings. The predicted octanol–water partition coefficient (Wildman–Crippen LogP) is 3.00. The van der Waals surface area contributed by atoms with Gasteiger partial charge in [-0.2, -0.15) is 0 Å². The minimum Gasteiger partial charge on any atom is -0.370 e. The van der Waals surface area contributed by atoms with E-state index in [1.54, 1.807) is 6.07 Å². The van der Waals surface area contributed by atoms with E-state index in [1.165, 1.54) is 6.07 Å². The summed E-state index contributed by atoms with van der Waals surface area (Å²) in [5.41, 5.74) is 6.47. The standard InChI is InChI=1S/C14H20FN3.HI/c1-14(2,3)18-13(16)17-12-8-10(12)9-6-4-5-7-11(9)15;/h4-7,10,12H,8H2,1-3H3,(H3,16,17,18);1H. The van der Waals surface area contributed by atoms with Gasteiger partial charge in [0.1, 0.15) is 5.82 Å². The van der Waals surface area contributed by atoms with E-state index >= 15 is 0 Å². The third-order valence-electron chi connectivity index (χ3n) is 2.87. The molecule has 2 unspecified atom stereocenters. The second-order valence-corrected chi connectivity index (χ2v) is 5.82. The molecule has 0 radical (unpaired) electrons. The second kappa shape index (κ2) is 6.07. The zero-order valence-electron chi connectivity index (χ0n) is 11.5. The zero-order chi connectivity index (χ0) is 13.3. The topological polar surface area (TPSA) is 50.4 Å². The summed E-state index contributed by atoms with van der Waals surface area (Å²) in [4.78, 5) is 4.39. The van der Waals surface area contributed by atoms with Crippen LogP contribution >= 0.6 is 24.0 Å². The van der Waals surface area contributed by atoms with Gasteiger partial charge in [0.25, 0.3) is 0 Å². The quantitative estimate of drug-likeness (QED) is 0.473. The molecule has 0 aliphatic heterocycles. The summed E-state index contributed by atoms with van der Waals surface area (Å²) in [5, 5.41) is 3.11. The molecule has 3 nitrogen and oxygen atoms in total. The minimum absolute atomic E-state index is 0. The molecule has 106 valence electrons. The van der Waals surface area contributed by atoms with Gasteiger partial charge in [0, 0.05) is 11.5 Å². The number of rotatable bonds is 2. The molecule has 2 rings (SSSR count). The van der Waals surface area contributed by atoms with Crippen LogP contribution in [-0.2, 0) is 0 Å². The Morgan fingerprint density at radius 2 is 2.00 bits per heavy atom. The highest BCUT2D eigenvalue weighted by Crippen LogP contribution is 2.44. The molecule has 2 atom stereocenters. The summed E-state index contributed by atoms with van der Waals surface area (Å²) in [6.45, 7) is 6.07. The third kappa shape index (κ3) is 4.63. The number of benzene rings is 1. The van der Waals surface area contributed by atoms with Gasteiger partial charge in [-0.1, -0.05) is 18.2 Å². The van der Waals surface area contributed by atoms with Crippen molar-refractivity contribution in [2.45, 2.75) is 44.7 Å². The molecular weight excluding hydrogens is 356 g/mol. The van der Waals surface area contributed by atoms with Gasteiger partial charge >= 0.3 is 0 Å². The van der Waals surface area contributed by atoms with Gasteiger partial charge in [-0.3, -0.25) is 0 Å². The van der Waals surface area contributed by atoms with Gasteiger partial charge in [0.15, 0.2) is 5.96 Å². The summed E-state index contributed by atoms with van der Waals surface area (Å²) in [6.07, 6.45) is 0.869. The first-order valence-electron chi connectivity index (χ1n) is 6.23. The van der Waals surface area contributed by atoms with Crippen molar-refractivity contribution < 1.29 is 4.39 Å². The van der Waals surface area contributed by atoms with Crippen LogP contribution in [0.3, 0.4) is 0 Å². The Morgan fingerprint density at radius 1 is 1.37 bits per heavy atom. The lowest BCUT2D eigenvalue weighted by Gasteiger charge is -2.21. The van der Waals surface area contributed by atoms with Crippen LogP contribution in [0, 0.1) is 5.82 Å². The molecule has 0 aromatic heterocycles. The van der Waals surface area contributed by atoms with Crippen molar-refractivity contribution in [3.05, 3.63) is 35.6 Å². The molecule has 3 N–H and O–H groups in total. The fourth-order valence-electron chi connectivity index (χ4n) is 2.03. The Balaban J connectivity index is 0.00000180. The lowest BCUT2D eigenvalue weighted by Crippen LogP contribution is -2.45. The van der Waals surface area contributed by atoms with Crippen LogP contribution in [0.15, 0.2) is 29.3 Å². The highest BCUT2D eigenvalue weighted by atomic mass is 127. The fraction of sp³-hybridized carbons (Fsp3) is 0.500. The summed E-state index contributed by atoms with van der Waals surface area (Å²) >= 11 is 0. The van der Waals surface area contributed by atoms with Gasteiger partial charge < -0.3 is 11.1 Å². The fourth-order valence-corrected chi connectivity index (χ4v) is 2.03. The number of halogens is 2. The van der Waals surface area contributed by atoms with E-state index in [0.29, 0.717) is 5.96 Å². The Bertz CT molecular complexity index is 468. The van der Waals surface area contributed by atoms with E-state index in [1.807, 2.05) is 32.9 Å². The molecule has 5 heteroatoms.